The fraction of sp³-hybridized carbons (Fsp3) is 0.625. The third-order valence-electron chi connectivity index (χ3n) is 7.57. The van der Waals surface area contributed by atoms with Crippen LogP contribution < -0.4 is 4.74 Å². The van der Waals surface area contributed by atoms with Crippen molar-refractivity contribution in [3.63, 3.8) is 0 Å². The summed E-state index contributed by atoms with van der Waals surface area (Å²) < 4.78 is 5.48. The van der Waals surface area contributed by atoms with E-state index in [4.69, 9.17) is 4.74 Å². The number of rotatable bonds is 4. The number of aromatic amines is 1. The van der Waals surface area contributed by atoms with Crippen molar-refractivity contribution in [1.82, 2.24) is 14.8 Å². The average molecular weight is 396 g/mol. The van der Waals surface area contributed by atoms with E-state index in [1.807, 2.05) is 24.3 Å². The van der Waals surface area contributed by atoms with Gasteiger partial charge in [0.2, 0.25) is 0 Å². The molecule has 2 bridgehead atoms. The second kappa shape index (κ2) is 7.67. The fourth-order valence-corrected chi connectivity index (χ4v) is 6.36. The summed E-state index contributed by atoms with van der Waals surface area (Å²) >= 11 is 0. The van der Waals surface area contributed by atoms with E-state index in [1.165, 1.54) is 45.1 Å². The Labute approximate surface area is 173 Å². The Kier molecular flexibility index (Phi) is 5.02. The van der Waals surface area contributed by atoms with Gasteiger partial charge in [-0.1, -0.05) is 25.8 Å². The van der Waals surface area contributed by atoms with Gasteiger partial charge in [-0.3, -0.25) is 9.69 Å². The number of piperidine rings is 3. The molecule has 4 heterocycles. The van der Waals surface area contributed by atoms with Gasteiger partial charge in [-0.25, -0.2) is 0 Å². The highest BCUT2D eigenvalue weighted by molar-refractivity contribution is 5.99. The van der Waals surface area contributed by atoms with Crippen molar-refractivity contribution in [2.45, 2.75) is 57.5 Å². The van der Waals surface area contributed by atoms with Crippen molar-refractivity contribution in [2.24, 2.45) is 11.8 Å². The van der Waals surface area contributed by atoms with E-state index >= 15 is 0 Å². The molecule has 3 aliphatic rings. The second-order valence-electron chi connectivity index (χ2n) is 9.23. The molecule has 4 atom stereocenters. The van der Waals surface area contributed by atoms with Crippen LogP contribution in [0.4, 0.5) is 0 Å². The Morgan fingerprint density at radius 3 is 2.93 bits per heavy atom. The normalized spacial score (nSPS) is 29.7. The van der Waals surface area contributed by atoms with Crippen LogP contribution in [0.15, 0.2) is 24.3 Å². The van der Waals surface area contributed by atoms with Crippen LogP contribution in [-0.2, 0) is 0 Å². The molecule has 1 aromatic carbocycles. The predicted molar refractivity (Wildman–Crippen MR) is 115 cm³/mol. The van der Waals surface area contributed by atoms with Gasteiger partial charge in [0.05, 0.1) is 7.11 Å². The number of ether oxygens (including phenoxy) is 1. The standard InChI is InChI=1S/C24H33N3O2/c1-3-7-21-16-12-17(22-9-4-5-11-27(21)22)15-26(14-16)24(28)20-13-18-19(25-20)8-6-10-23(18)29-2/h6,8,10,13,16-17,21-22,25H,3-5,7,9,11-12,14-15H2,1-2H3/t16-,17+,21-,22-/m0/s1. The van der Waals surface area contributed by atoms with Gasteiger partial charge >= 0.3 is 0 Å². The Morgan fingerprint density at radius 2 is 2.10 bits per heavy atom. The number of methoxy groups -OCH3 is 1. The van der Waals surface area contributed by atoms with Crippen LogP contribution in [0.5, 0.6) is 5.75 Å². The molecule has 0 unspecified atom stereocenters. The van der Waals surface area contributed by atoms with E-state index < -0.39 is 0 Å². The average Bonchev–Trinajstić information content (AvgIpc) is 3.20. The number of amides is 1. The van der Waals surface area contributed by atoms with E-state index in [1.54, 1.807) is 7.11 Å². The number of likely N-dealkylation sites (tertiary alicyclic amines) is 1. The molecule has 0 aliphatic carbocycles. The van der Waals surface area contributed by atoms with E-state index in [2.05, 4.69) is 21.7 Å². The van der Waals surface area contributed by atoms with E-state index in [0.717, 1.165) is 29.7 Å². The Morgan fingerprint density at radius 1 is 1.24 bits per heavy atom. The van der Waals surface area contributed by atoms with Crippen LogP contribution >= 0.6 is 0 Å². The summed E-state index contributed by atoms with van der Waals surface area (Å²) in [4.78, 5) is 21.8. The predicted octanol–water partition coefficient (Wildman–Crippen LogP) is 4.29. The molecular weight excluding hydrogens is 362 g/mol. The van der Waals surface area contributed by atoms with Crippen molar-refractivity contribution < 1.29 is 9.53 Å². The van der Waals surface area contributed by atoms with Crippen LogP contribution in [-0.4, -0.2) is 59.5 Å². The number of carbonyl (C=O) groups excluding carboxylic acids is 1. The van der Waals surface area contributed by atoms with E-state index in [9.17, 15) is 4.79 Å². The molecule has 1 aromatic heterocycles. The SMILES string of the molecule is CCC[C@H]1[C@H]2C[C@H](CN(C(=O)c3cc4c(OC)cccc4[nH]3)C2)[C@@H]2CCCCN21. The summed E-state index contributed by atoms with van der Waals surface area (Å²) in [6.45, 7) is 5.37. The monoisotopic (exact) mass is 395 g/mol. The number of benzene rings is 1. The number of fused-ring (bicyclic) bond motifs is 5. The molecule has 3 aliphatic heterocycles. The highest BCUT2D eigenvalue weighted by Crippen LogP contribution is 2.42. The first-order chi connectivity index (χ1) is 14.2. The van der Waals surface area contributed by atoms with Crippen molar-refractivity contribution in [3.8, 4) is 5.75 Å². The minimum atomic E-state index is 0.150. The third-order valence-corrected chi connectivity index (χ3v) is 7.57. The van der Waals surface area contributed by atoms with Gasteiger partial charge in [0.25, 0.3) is 5.91 Å². The zero-order valence-corrected chi connectivity index (χ0v) is 17.7. The summed E-state index contributed by atoms with van der Waals surface area (Å²) in [6.07, 6.45) is 7.79. The maximum Gasteiger partial charge on any atom is 0.270 e. The minimum absolute atomic E-state index is 0.150. The Balaban J connectivity index is 1.41. The van der Waals surface area contributed by atoms with Gasteiger partial charge in [0, 0.05) is 36.1 Å². The first kappa shape index (κ1) is 19.0. The molecule has 29 heavy (non-hydrogen) atoms. The summed E-state index contributed by atoms with van der Waals surface area (Å²) in [6, 6.07) is 9.22. The van der Waals surface area contributed by atoms with Gasteiger partial charge in [-0.15, -0.1) is 0 Å². The smallest absolute Gasteiger partial charge is 0.270 e. The summed E-state index contributed by atoms with van der Waals surface area (Å²) in [5.41, 5.74) is 1.66. The molecular formula is C24H33N3O2. The zero-order valence-electron chi connectivity index (χ0n) is 17.7. The molecule has 5 nitrogen and oxygen atoms in total. The number of H-pyrrole nitrogens is 1. The molecule has 3 fully saturated rings. The molecule has 1 amide bonds. The molecule has 1 N–H and O–H groups in total. The summed E-state index contributed by atoms with van der Waals surface area (Å²) in [5, 5.41) is 0.984. The first-order valence-electron chi connectivity index (χ1n) is 11.4. The van der Waals surface area contributed by atoms with Crippen molar-refractivity contribution in [3.05, 3.63) is 30.0 Å². The summed E-state index contributed by atoms with van der Waals surface area (Å²) in [5.74, 6) is 2.21. The number of nitrogens with zero attached hydrogens (tertiary/aromatic N) is 2. The van der Waals surface area contributed by atoms with Crippen LogP contribution in [0.2, 0.25) is 0 Å². The zero-order chi connectivity index (χ0) is 20.0. The summed E-state index contributed by atoms with van der Waals surface area (Å²) in [7, 11) is 1.68. The lowest BCUT2D eigenvalue weighted by molar-refractivity contribution is -0.0671. The van der Waals surface area contributed by atoms with Gasteiger partial charge in [0.15, 0.2) is 0 Å². The largest absolute Gasteiger partial charge is 0.496 e. The lowest BCUT2D eigenvalue weighted by Crippen LogP contribution is -2.64. The maximum atomic E-state index is 13.5. The molecule has 156 valence electrons. The van der Waals surface area contributed by atoms with Crippen molar-refractivity contribution >= 4 is 16.8 Å². The molecule has 5 rings (SSSR count). The topological polar surface area (TPSA) is 48.6 Å². The number of hydrogen-bond donors (Lipinski definition) is 1. The van der Waals surface area contributed by atoms with Crippen LogP contribution in [0, 0.1) is 11.8 Å². The van der Waals surface area contributed by atoms with Crippen LogP contribution in [0.1, 0.15) is 55.9 Å². The van der Waals surface area contributed by atoms with Crippen LogP contribution in [0.25, 0.3) is 10.9 Å². The minimum Gasteiger partial charge on any atom is -0.496 e. The van der Waals surface area contributed by atoms with Crippen molar-refractivity contribution in [1.29, 1.82) is 0 Å². The van der Waals surface area contributed by atoms with Crippen LogP contribution in [0.3, 0.4) is 0 Å². The Bertz CT molecular complexity index is 891. The maximum absolute atomic E-state index is 13.5. The van der Waals surface area contributed by atoms with Gasteiger partial charge in [-0.2, -0.15) is 0 Å². The number of aromatic nitrogens is 1. The van der Waals surface area contributed by atoms with Gasteiger partial charge in [-0.05, 0) is 62.3 Å². The molecule has 3 saturated heterocycles. The lowest BCUT2D eigenvalue weighted by Gasteiger charge is -2.57. The van der Waals surface area contributed by atoms with Gasteiger partial charge in [0.1, 0.15) is 11.4 Å². The highest BCUT2D eigenvalue weighted by atomic mass is 16.5. The molecule has 0 spiro atoms. The second-order valence-corrected chi connectivity index (χ2v) is 9.23. The first-order valence-corrected chi connectivity index (χ1v) is 11.4. The number of carbonyl (C=O) groups is 1. The van der Waals surface area contributed by atoms with Crippen molar-refractivity contribution in [2.75, 3.05) is 26.7 Å². The van der Waals surface area contributed by atoms with E-state index in [0.29, 0.717) is 29.6 Å². The fourth-order valence-electron chi connectivity index (χ4n) is 6.36. The lowest BCUT2D eigenvalue weighted by atomic mass is 9.71. The van der Waals surface area contributed by atoms with Gasteiger partial charge < -0.3 is 14.6 Å². The molecule has 0 saturated carbocycles. The number of hydrogen-bond acceptors (Lipinski definition) is 3. The molecule has 0 radical (unpaired) electrons. The Hall–Kier alpha value is -2.01. The highest BCUT2D eigenvalue weighted by Gasteiger charge is 2.47. The van der Waals surface area contributed by atoms with E-state index in [-0.39, 0.29) is 5.91 Å². The molecule has 5 heteroatoms. The molecule has 2 aromatic rings. The quantitative estimate of drug-likeness (QED) is 0.840. The third kappa shape index (κ3) is 3.24. The number of nitrogens with one attached hydrogen (secondary N) is 1.